The molecule has 0 saturated carbocycles. The molecule has 4 aromatic rings. The molecule has 1 unspecified atom stereocenters. The maximum Gasteiger partial charge on any atom is 0.0556 e. The molecule has 4 rings (SSSR count). The zero-order chi connectivity index (χ0) is 21.6. The van der Waals surface area contributed by atoms with E-state index in [9.17, 15) is 0 Å². The van der Waals surface area contributed by atoms with Gasteiger partial charge in [0.05, 0.1) is 5.25 Å². The van der Waals surface area contributed by atoms with E-state index in [0.29, 0.717) is 0 Å². The van der Waals surface area contributed by atoms with E-state index in [1.807, 2.05) is 11.8 Å². The number of hydrogen-bond donors (Lipinski definition) is 1. The van der Waals surface area contributed by atoms with Gasteiger partial charge in [-0.25, -0.2) is 0 Å². The summed E-state index contributed by atoms with van der Waals surface area (Å²) >= 11 is 8.29. The van der Waals surface area contributed by atoms with E-state index in [0.717, 1.165) is 5.75 Å². The first-order chi connectivity index (χ1) is 15.3. The molecule has 0 aliphatic carbocycles. The summed E-state index contributed by atoms with van der Waals surface area (Å²) in [4.78, 5) is 1.31. The van der Waals surface area contributed by atoms with Crippen LogP contribution in [0.2, 0.25) is 0 Å². The first-order valence-electron chi connectivity index (χ1n) is 10.3. The Kier molecular flexibility index (Phi) is 7.49. The molecule has 1 atom stereocenters. The van der Waals surface area contributed by atoms with E-state index in [1.165, 1.54) is 43.8 Å². The maximum absolute atomic E-state index is 4.59. The number of thioether (sulfide) groups is 2. The Morgan fingerprint density at radius 3 is 1.68 bits per heavy atom. The van der Waals surface area contributed by atoms with E-state index in [4.69, 9.17) is 0 Å². The van der Waals surface area contributed by atoms with Crippen molar-refractivity contribution >= 4 is 36.2 Å². The molecule has 4 aromatic carbocycles. The fraction of sp³-hybridized carbons (Fsp3) is 0.143. The average molecular weight is 459 g/mol. The van der Waals surface area contributed by atoms with Gasteiger partial charge in [-0.05, 0) is 57.5 Å². The Hall–Kier alpha value is -2.07. The second-order valence-electron chi connectivity index (χ2n) is 7.31. The molecule has 0 aliphatic rings. The molecule has 0 nitrogen and oxygen atoms in total. The highest BCUT2D eigenvalue weighted by Crippen LogP contribution is 2.45. The van der Waals surface area contributed by atoms with Crippen molar-refractivity contribution in [2.75, 3.05) is 12.5 Å². The van der Waals surface area contributed by atoms with Crippen LogP contribution in [0.25, 0.3) is 22.3 Å². The third kappa shape index (κ3) is 4.59. The quantitative estimate of drug-likeness (QED) is 0.217. The molecular formula is C28H26S3. The van der Waals surface area contributed by atoms with Crippen LogP contribution in [0.4, 0.5) is 0 Å². The van der Waals surface area contributed by atoms with Crippen molar-refractivity contribution in [1.82, 2.24) is 0 Å². The second-order valence-corrected chi connectivity index (χ2v) is 9.41. The Morgan fingerprint density at radius 1 is 0.613 bits per heavy atom. The van der Waals surface area contributed by atoms with Crippen molar-refractivity contribution in [2.24, 2.45) is 0 Å². The van der Waals surface area contributed by atoms with Crippen LogP contribution in [-0.2, 0) is 5.75 Å². The van der Waals surface area contributed by atoms with Crippen LogP contribution >= 0.6 is 36.2 Å². The molecule has 0 N–H and O–H groups in total. The Labute approximate surface area is 199 Å². The SMILES string of the molecule is CSc1ccccc1-c1ccccc1C(SC)c1ccccc1-c1ccccc1CS. The molecule has 0 fully saturated rings. The molecule has 0 amide bonds. The van der Waals surface area contributed by atoms with Crippen LogP contribution in [0.5, 0.6) is 0 Å². The summed E-state index contributed by atoms with van der Waals surface area (Å²) in [6, 6.07) is 35.0. The standard InChI is InChI=1S/C28H26S3/c1-30-27-18-10-9-15-24(27)23-14-6-8-17-26(23)28(31-2)25-16-7-5-13-22(25)21-12-4-3-11-20(21)19-29/h3-18,28-29H,19H2,1-2H3. The summed E-state index contributed by atoms with van der Waals surface area (Å²) < 4.78 is 0. The third-order valence-electron chi connectivity index (χ3n) is 5.60. The van der Waals surface area contributed by atoms with Crippen molar-refractivity contribution in [3.63, 3.8) is 0 Å². The molecule has 0 heterocycles. The Bertz CT molecular complexity index is 1080. The molecule has 0 saturated heterocycles. The highest BCUT2D eigenvalue weighted by molar-refractivity contribution is 7.99. The van der Waals surface area contributed by atoms with Crippen LogP contribution in [-0.4, -0.2) is 12.5 Å². The van der Waals surface area contributed by atoms with Crippen LogP contribution in [0, 0.1) is 0 Å². The zero-order valence-corrected chi connectivity index (χ0v) is 20.3. The van der Waals surface area contributed by atoms with Crippen molar-refractivity contribution in [3.05, 3.63) is 114 Å². The van der Waals surface area contributed by atoms with Crippen molar-refractivity contribution < 1.29 is 0 Å². The third-order valence-corrected chi connectivity index (χ3v) is 7.71. The summed E-state index contributed by atoms with van der Waals surface area (Å²) in [5, 5.41) is 0.232. The fourth-order valence-corrected chi connectivity index (χ4v) is 5.96. The summed E-state index contributed by atoms with van der Waals surface area (Å²) in [6.07, 6.45) is 4.36. The smallest absolute Gasteiger partial charge is 0.0556 e. The van der Waals surface area contributed by atoms with Gasteiger partial charge in [0.25, 0.3) is 0 Å². The molecule has 0 aliphatic heterocycles. The number of hydrogen-bond acceptors (Lipinski definition) is 3. The van der Waals surface area contributed by atoms with Crippen molar-refractivity contribution in [2.45, 2.75) is 15.9 Å². The predicted octanol–water partition coefficient (Wildman–Crippen LogP) is 8.62. The van der Waals surface area contributed by atoms with Gasteiger partial charge in [-0.2, -0.15) is 24.4 Å². The summed E-state index contributed by atoms with van der Waals surface area (Å²) in [6.45, 7) is 0. The van der Waals surface area contributed by atoms with E-state index in [1.54, 1.807) is 11.8 Å². The van der Waals surface area contributed by atoms with E-state index >= 15 is 0 Å². The summed E-state index contributed by atoms with van der Waals surface area (Å²) in [5.41, 5.74) is 9.14. The van der Waals surface area contributed by atoms with Gasteiger partial charge in [0.2, 0.25) is 0 Å². The summed E-state index contributed by atoms with van der Waals surface area (Å²) in [5.74, 6) is 0.728. The molecule has 31 heavy (non-hydrogen) atoms. The van der Waals surface area contributed by atoms with E-state index in [2.05, 4.69) is 122 Å². The van der Waals surface area contributed by atoms with Crippen LogP contribution < -0.4 is 0 Å². The first-order valence-corrected chi connectivity index (χ1v) is 13.5. The normalized spacial score (nSPS) is 12.0. The Morgan fingerprint density at radius 2 is 1.10 bits per heavy atom. The molecule has 0 radical (unpaired) electrons. The van der Waals surface area contributed by atoms with Gasteiger partial charge in [0.15, 0.2) is 0 Å². The lowest BCUT2D eigenvalue weighted by Gasteiger charge is -2.23. The van der Waals surface area contributed by atoms with Gasteiger partial charge in [-0.15, -0.1) is 11.8 Å². The topological polar surface area (TPSA) is 0 Å². The highest BCUT2D eigenvalue weighted by Gasteiger charge is 2.22. The summed E-state index contributed by atoms with van der Waals surface area (Å²) in [7, 11) is 0. The minimum atomic E-state index is 0.232. The van der Waals surface area contributed by atoms with E-state index < -0.39 is 0 Å². The minimum absolute atomic E-state index is 0.232. The van der Waals surface area contributed by atoms with Gasteiger partial charge in [0, 0.05) is 10.6 Å². The largest absolute Gasteiger partial charge is 0.175 e. The van der Waals surface area contributed by atoms with E-state index in [-0.39, 0.29) is 5.25 Å². The number of thiol groups is 1. The zero-order valence-electron chi connectivity index (χ0n) is 17.8. The molecular weight excluding hydrogens is 433 g/mol. The van der Waals surface area contributed by atoms with Crippen LogP contribution in [0.1, 0.15) is 21.9 Å². The molecule has 3 heteroatoms. The van der Waals surface area contributed by atoms with Gasteiger partial charge >= 0.3 is 0 Å². The maximum atomic E-state index is 4.59. The average Bonchev–Trinajstić information content (AvgIpc) is 2.85. The van der Waals surface area contributed by atoms with Crippen molar-refractivity contribution in [3.8, 4) is 22.3 Å². The monoisotopic (exact) mass is 458 g/mol. The van der Waals surface area contributed by atoms with Crippen LogP contribution in [0.3, 0.4) is 0 Å². The second kappa shape index (κ2) is 10.5. The number of rotatable bonds is 7. The van der Waals surface area contributed by atoms with Gasteiger partial charge in [0.1, 0.15) is 0 Å². The molecule has 156 valence electrons. The molecule has 0 bridgehead atoms. The lowest BCUT2D eigenvalue weighted by Crippen LogP contribution is -2.02. The molecule has 0 aromatic heterocycles. The minimum Gasteiger partial charge on any atom is -0.175 e. The fourth-order valence-electron chi connectivity index (χ4n) is 4.15. The lowest BCUT2D eigenvalue weighted by molar-refractivity contribution is 1.16. The van der Waals surface area contributed by atoms with Gasteiger partial charge in [-0.3, -0.25) is 0 Å². The highest BCUT2D eigenvalue weighted by atomic mass is 32.2. The van der Waals surface area contributed by atoms with Gasteiger partial charge in [-0.1, -0.05) is 91.0 Å². The lowest BCUT2D eigenvalue weighted by atomic mass is 9.89. The first kappa shape index (κ1) is 22.1. The van der Waals surface area contributed by atoms with Crippen LogP contribution in [0.15, 0.2) is 102 Å². The predicted molar refractivity (Wildman–Crippen MR) is 144 cm³/mol. The Balaban J connectivity index is 1.90. The van der Waals surface area contributed by atoms with Gasteiger partial charge < -0.3 is 0 Å². The van der Waals surface area contributed by atoms with Crippen molar-refractivity contribution in [1.29, 1.82) is 0 Å². The molecule has 0 spiro atoms. The number of benzene rings is 4.